The molecule has 3 unspecified atom stereocenters. The molecule has 0 radical (unpaired) electrons. The predicted octanol–water partition coefficient (Wildman–Crippen LogP) is 0.691. The minimum atomic E-state index is -1.41. The van der Waals surface area contributed by atoms with Gasteiger partial charge in [-0.05, 0) is 6.92 Å². The van der Waals surface area contributed by atoms with E-state index in [-0.39, 0.29) is 0 Å². The lowest BCUT2D eigenvalue weighted by Gasteiger charge is -2.17. The highest BCUT2D eigenvalue weighted by atomic mass is 16.6. The summed E-state index contributed by atoms with van der Waals surface area (Å²) in [7, 11) is 3.55. The number of nitrogens with zero attached hydrogens (tertiary/aromatic N) is 6. The summed E-state index contributed by atoms with van der Waals surface area (Å²) in [5, 5.41) is 31.4. The maximum Gasteiger partial charge on any atom is 0.252 e. The highest BCUT2D eigenvalue weighted by molar-refractivity contribution is 5.87. The monoisotopic (exact) mass is 478 g/mol. The summed E-state index contributed by atoms with van der Waals surface area (Å²) in [6, 6.07) is 9.71. The molecular weight excluding hydrogens is 452 g/mol. The number of hydrogen-bond acceptors (Lipinski definition) is 9. The quantitative estimate of drug-likeness (QED) is 0.314. The molecule has 4 N–H and O–H groups in total. The van der Waals surface area contributed by atoms with Gasteiger partial charge in [0.15, 0.2) is 35.1 Å². The number of imidazole rings is 1. The minimum absolute atomic E-state index is 0.370. The van der Waals surface area contributed by atoms with Crippen LogP contribution in [0, 0.1) is 0 Å². The molecule has 4 aromatic rings. The molecule has 0 spiro atoms. The molecular formula is C23H26N8O4. The summed E-state index contributed by atoms with van der Waals surface area (Å²) in [4.78, 5) is 26.1. The first-order chi connectivity index (χ1) is 16.9. The largest absolute Gasteiger partial charge is 0.387 e. The molecule has 0 saturated carbocycles. The number of anilines is 1. The zero-order valence-corrected chi connectivity index (χ0v) is 19.5. The average Bonchev–Trinajstić information content (AvgIpc) is 3.55. The first kappa shape index (κ1) is 22.9. The average molecular weight is 479 g/mol. The molecule has 1 aromatic carbocycles. The summed E-state index contributed by atoms with van der Waals surface area (Å²) in [5.74, 6) is 0.365. The number of likely N-dealkylation sites (N-methyl/N-ethyl adjacent to an activating group) is 1. The highest BCUT2D eigenvalue weighted by Gasteiger charge is 2.47. The summed E-state index contributed by atoms with van der Waals surface area (Å²) < 4.78 is 8.98. The number of hydrogen-bond donors (Lipinski definition) is 4. The van der Waals surface area contributed by atoms with Gasteiger partial charge in [-0.15, -0.1) is 0 Å². The second-order valence-electron chi connectivity index (χ2n) is 8.22. The van der Waals surface area contributed by atoms with E-state index in [1.807, 2.05) is 43.6 Å². The van der Waals surface area contributed by atoms with Crippen LogP contribution in [0.4, 0.5) is 5.82 Å². The second kappa shape index (κ2) is 9.06. The Kier molecular flexibility index (Phi) is 5.93. The minimum Gasteiger partial charge on any atom is -0.387 e. The zero-order valence-electron chi connectivity index (χ0n) is 19.5. The fourth-order valence-corrected chi connectivity index (χ4v) is 4.24. The molecule has 1 fully saturated rings. The van der Waals surface area contributed by atoms with Crippen LogP contribution in [-0.4, -0.2) is 77.3 Å². The summed E-state index contributed by atoms with van der Waals surface area (Å²) in [6.45, 7) is 2.13. The fourth-order valence-electron chi connectivity index (χ4n) is 4.24. The van der Waals surface area contributed by atoms with Gasteiger partial charge < -0.3 is 25.6 Å². The summed E-state index contributed by atoms with van der Waals surface area (Å²) in [6.07, 6.45) is -1.78. The topological polar surface area (TPSA) is 152 Å². The van der Waals surface area contributed by atoms with Crippen LogP contribution in [0.3, 0.4) is 0 Å². The van der Waals surface area contributed by atoms with E-state index in [9.17, 15) is 15.0 Å². The van der Waals surface area contributed by atoms with Crippen LogP contribution >= 0.6 is 0 Å². The number of ether oxygens (including phenoxy) is 1. The van der Waals surface area contributed by atoms with E-state index in [0.29, 0.717) is 40.6 Å². The Balaban J connectivity index is 1.61. The molecule has 1 aliphatic rings. The molecule has 12 heteroatoms. The normalized spacial score (nSPS) is 22.0. The van der Waals surface area contributed by atoms with Gasteiger partial charge in [-0.25, -0.2) is 15.0 Å². The van der Waals surface area contributed by atoms with Gasteiger partial charge in [-0.2, -0.15) is 5.10 Å². The van der Waals surface area contributed by atoms with Crippen molar-refractivity contribution in [3.8, 4) is 22.6 Å². The molecule has 0 bridgehead atoms. The second-order valence-corrected chi connectivity index (χ2v) is 8.22. The van der Waals surface area contributed by atoms with Crippen LogP contribution in [0.1, 0.15) is 13.2 Å². The molecule has 35 heavy (non-hydrogen) atoms. The van der Waals surface area contributed by atoms with Gasteiger partial charge in [0, 0.05) is 32.4 Å². The van der Waals surface area contributed by atoms with E-state index in [1.165, 1.54) is 10.9 Å². The number of aliphatic hydroxyl groups excluding tert-OH is 2. The molecule has 1 saturated heterocycles. The van der Waals surface area contributed by atoms with Gasteiger partial charge in [0.1, 0.15) is 17.9 Å². The van der Waals surface area contributed by atoms with E-state index in [1.54, 1.807) is 18.7 Å². The van der Waals surface area contributed by atoms with Crippen LogP contribution in [0.25, 0.3) is 33.8 Å². The molecule has 1 aliphatic heterocycles. The SMILES string of the molecule is CCNC(=O)[C@@H]1OC(n2cnc3c(NC)nc(-c4cn(C)nc4-c4ccccc4)nc32)C(O)C1O. The number of carbonyl (C=O) groups is 1. The van der Waals surface area contributed by atoms with E-state index in [4.69, 9.17) is 9.72 Å². The van der Waals surface area contributed by atoms with Crippen molar-refractivity contribution >= 4 is 22.9 Å². The molecule has 182 valence electrons. The summed E-state index contributed by atoms with van der Waals surface area (Å²) in [5.41, 5.74) is 3.15. The number of nitrogens with one attached hydrogen (secondary N) is 2. The van der Waals surface area contributed by atoms with E-state index >= 15 is 0 Å². The van der Waals surface area contributed by atoms with E-state index in [0.717, 1.165) is 5.56 Å². The summed E-state index contributed by atoms with van der Waals surface area (Å²) >= 11 is 0. The van der Waals surface area contributed by atoms with Crippen LogP contribution in [0.2, 0.25) is 0 Å². The third-order valence-electron chi connectivity index (χ3n) is 5.90. The van der Waals surface area contributed by atoms with Crippen LogP contribution in [0.15, 0.2) is 42.9 Å². The van der Waals surface area contributed by atoms with Crippen LogP contribution < -0.4 is 10.6 Å². The number of benzene rings is 1. The molecule has 12 nitrogen and oxygen atoms in total. The van der Waals surface area contributed by atoms with Gasteiger partial charge in [0.25, 0.3) is 5.91 Å². The van der Waals surface area contributed by atoms with Crippen LogP contribution in [0.5, 0.6) is 0 Å². The smallest absolute Gasteiger partial charge is 0.252 e. The van der Waals surface area contributed by atoms with Crippen molar-refractivity contribution in [3.05, 3.63) is 42.9 Å². The van der Waals surface area contributed by atoms with Gasteiger partial charge in [0.2, 0.25) is 0 Å². The van der Waals surface area contributed by atoms with E-state index < -0.39 is 30.4 Å². The van der Waals surface area contributed by atoms with Crippen molar-refractivity contribution in [2.75, 3.05) is 18.9 Å². The third-order valence-corrected chi connectivity index (χ3v) is 5.90. The Labute approximate surface area is 200 Å². The molecule has 4 atom stereocenters. The predicted molar refractivity (Wildman–Crippen MR) is 127 cm³/mol. The Morgan fingerprint density at radius 1 is 1.17 bits per heavy atom. The first-order valence-corrected chi connectivity index (χ1v) is 11.2. The number of aryl methyl sites for hydroxylation is 1. The fraction of sp³-hybridized carbons (Fsp3) is 0.348. The van der Waals surface area contributed by atoms with Crippen molar-refractivity contribution < 1.29 is 19.7 Å². The number of aliphatic hydroxyl groups is 2. The lowest BCUT2D eigenvalue weighted by Crippen LogP contribution is -2.42. The molecule has 3 aromatic heterocycles. The number of carbonyl (C=O) groups excluding carboxylic acids is 1. The zero-order chi connectivity index (χ0) is 24.7. The number of aromatic nitrogens is 6. The van der Waals surface area contributed by atoms with Gasteiger partial charge in [-0.3, -0.25) is 14.0 Å². The van der Waals surface area contributed by atoms with Crippen molar-refractivity contribution in [1.82, 2.24) is 34.6 Å². The first-order valence-electron chi connectivity index (χ1n) is 11.2. The molecule has 0 aliphatic carbocycles. The van der Waals surface area contributed by atoms with Crippen LogP contribution in [-0.2, 0) is 16.6 Å². The van der Waals surface area contributed by atoms with Gasteiger partial charge in [0.05, 0.1) is 11.9 Å². The molecule has 5 rings (SSSR count). The Bertz CT molecular complexity index is 1370. The Morgan fingerprint density at radius 2 is 1.94 bits per heavy atom. The van der Waals surface area contributed by atoms with Crippen molar-refractivity contribution in [1.29, 1.82) is 0 Å². The maximum atomic E-state index is 12.3. The number of rotatable bonds is 6. The highest BCUT2D eigenvalue weighted by Crippen LogP contribution is 2.35. The lowest BCUT2D eigenvalue weighted by molar-refractivity contribution is -0.137. The standard InChI is InChI=1S/C23H26N8O4/c1-4-25-22(34)18-16(32)17(33)23(35-18)31-11-26-15-20(24-2)27-19(28-21(15)31)13-10-30(3)29-14(13)12-8-6-5-7-9-12/h5-11,16-18,23,32-33H,4H2,1-3H3,(H,25,34)(H,24,27,28)/t16?,17?,18-,23?/m1/s1. The molecule has 4 heterocycles. The van der Waals surface area contributed by atoms with Crippen molar-refractivity contribution in [3.63, 3.8) is 0 Å². The maximum absolute atomic E-state index is 12.3. The van der Waals surface area contributed by atoms with Gasteiger partial charge in [-0.1, -0.05) is 30.3 Å². The Hall–Kier alpha value is -3.87. The van der Waals surface area contributed by atoms with Gasteiger partial charge >= 0.3 is 0 Å². The van der Waals surface area contributed by atoms with Crippen molar-refractivity contribution in [2.24, 2.45) is 7.05 Å². The Morgan fingerprint density at radius 3 is 2.66 bits per heavy atom. The van der Waals surface area contributed by atoms with Crippen molar-refractivity contribution in [2.45, 2.75) is 31.5 Å². The number of fused-ring (bicyclic) bond motifs is 1. The molecule has 1 amide bonds. The number of amides is 1. The lowest BCUT2D eigenvalue weighted by atomic mass is 10.1. The van der Waals surface area contributed by atoms with E-state index in [2.05, 4.69) is 25.7 Å². The third kappa shape index (κ3) is 3.91.